The van der Waals surface area contributed by atoms with E-state index in [-0.39, 0.29) is 0 Å². The monoisotopic (exact) mass is 410 g/mol. The van der Waals surface area contributed by atoms with E-state index in [1.807, 2.05) is 0 Å². The maximum absolute atomic E-state index is 2.38. The van der Waals surface area contributed by atoms with Gasteiger partial charge in [0.2, 0.25) is 0 Å². The van der Waals surface area contributed by atoms with E-state index in [0.717, 1.165) is 0 Å². The lowest BCUT2D eigenvalue weighted by Gasteiger charge is -2.35. The van der Waals surface area contributed by atoms with Crippen molar-refractivity contribution in [3.8, 4) is 0 Å². The van der Waals surface area contributed by atoms with Crippen molar-refractivity contribution in [2.45, 2.75) is 11.8 Å². The topological polar surface area (TPSA) is 0 Å². The fourth-order valence-corrected chi connectivity index (χ4v) is 5.74. The Bertz CT molecular complexity index is 1250. The lowest BCUT2D eigenvalue weighted by Crippen LogP contribution is -2.23. The smallest absolute Gasteiger partial charge is 0.00280 e. The highest BCUT2D eigenvalue weighted by atomic mass is 14.4. The largest absolute Gasteiger partial charge is 0.0770 e. The van der Waals surface area contributed by atoms with Crippen LogP contribution in [0.4, 0.5) is 0 Å². The Balaban J connectivity index is 1.63. The van der Waals surface area contributed by atoms with Gasteiger partial charge >= 0.3 is 0 Å². The summed E-state index contributed by atoms with van der Waals surface area (Å²) in [7, 11) is 0. The molecule has 2 aliphatic carbocycles. The first-order chi connectivity index (χ1) is 15.9. The Kier molecular flexibility index (Phi) is 4.85. The van der Waals surface area contributed by atoms with Gasteiger partial charge in [-0.3, -0.25) is 0 Å². The summed E-state index contributed by atoms with van der Waals surface area (Å²) in [5.41, 5.74) is 2.88. The van der Waals surface area contributed by atoms with Crippen molar-refractivity contribution in [3.63, 3.8) is 0 Å². The third kappa shape index (κ3) is 3.24. The van der Waals surface area contributed by atoms with Crippen LogP contribution in [0.1, 0.15) is 23.0 Å². The lowest BCUT2D eigenvalue weighted by molar-refractivity contribution is 0.441. The van der Waals surface area contributed by atoms with Crippen LogP contribution in [0.5, 0.6) is 0 Å². The molecule has 2 atom stereocenters. The molecule has 0 aliphatic heterocycles. The highest BCUT2D eigenvalue weighted by molar-refractivity contribution is 5.88. The second-order valence-electron chi connectivity index (χ2n) is 8.88. The zero-order valence-electron chi connectivity index (χ0n) is 18.0. The summed E-state index contributed by atoms with van der Waals surface area (Å²) in [6.07, 6.45) is 18.4. The average molecular weight is 411 g/mol. The molecule has 32 heavy (non-hydrogen) atoms. The highest BCUT2D eigenvalue weighted by Crippen LogP contribution is 2.49. The molecule has 0 heterocycles. The van der Waals surface area contributed by atoms with Gasteiger partial charge in [0.1, 0.15) is 0 Å². The van der Waals surface area contributed by atoms with Crippen molar-refractivity contribution in [2.24, 2.45) is 11.8 Å². The van der Waals surface area contributed by atoms with Gasteiger partial charge < -0.3 is 0 Å². The van der Waals surface area contributed by atoms with Crippen LogP contribution < -0.4 is 0 Å². The van der Waals surface area contributed by atoms with Gasteiger partial charge in [0.15, 0.2) is 0 Å². The van der Waals surface area contributed by atoms with Crippen molar-refractivity contribution in [3.05, 3.63) is 145 Å². The molecule has 0 saturated carbocycles. The Morgan fingerprint density at radius 2 is 0.781 bits per heavy atom. The summed E-state index contributed by atoms with van der Waals surface area (Å²) < 4.78 is 0. The average Bonchev–Trinajstić information content (AvgIpc) is 3.57. The Morgan fingerprint density at radius 1 is 0.406 bits per heavy atom. The van der Waals surface area contributed by atoms with Crippen LogP contribution >= 0.6 is 0 Å². The second-order valence-corrected chi connectivity index (χ2v) is 8.88. The summed E-state index contributed by atoms with van der Waals surface area (Å²) in [6, 6.07) is 31.3. The minimum atomic E-state index is 0.333. The number of hydrogen-bond donors (Lipinski definition) is 0. The molecular weight excluding hydrogens is 384 g/mol. The van der Waals surface area contributed by atoms with Gasteiger partial charge in [-0.15, -0.1) is 0 Å². The predicted octanol–water partition coefficient (Wildman–Crippen LogP) is 8.34. The predicted molar refractivity (Wildman–Crippen MR) is 137 cm³/mol. The molecule has 0 unspecified atom stereocenters. The second kappa shape index (κ2) is 8.13. The number of rotatable bonds is 5. The Labute approximate surface area is 189 Å². The summed E-state index contributed by atoms with van der Waals surface area (Å²) >= 11 is 0. The van der Waals surface area contributed by atoms with Gasteiger partial charge in [0.05, 0.1) is 0 Å². The molecule has 4 aromatic carbocycles. The summed E-state index contributed by atoms with van der Waals surface area (Å²) in [5, 5.41) is 5.36. The molecule has 0 fully saturated rings. The van der Waals surface area contributed by atoms with Crippen molar-refractivity contribution >= 4 is 21.5 Å². The third-order valence-corrected chi connectivity index (χ3v) is 7.14. The van der Waals surface area contributed by atoms with Gasteiger partial charge in [-0.05, 0) is 32.7 Å². The first-order valence-electron chi connectivity index (χ1n) is 11.6. The quantitative estimate of drug-likeness (QED) is 0.310. The molecule has 0 nitrogen and oxygen atoms in total. The van der Waals surface area contributed by atoms with E-state index < -0.39 is 0 Å². The van der Waals surface area contributed by atoms with Crippen LogP contribution in [0, 0.1) is 11.8 Å². The van der Waals surface area contributed by atoms with Crippen molar-refractivity contribution in [1.29, 1.82) is 0 Å². The molecule has 0 spiro atoms. The van der Waals surface area contributed by atoms with E-state index in [1.54, 1.807) is 0 Å². The molecule has 154 valence electrons. The van der Waals surface area contributed by atoms with E-state index in [0.29, 0.717) is 23.7 Å². The third-order valence-electron chi connectivity index (χ3n) is 7.14. The number of benzene rings is 4. The van der Waals surface area contributed by atoms with E-state index in [1.165, 1.54) is 32.7 Å². The van der Waals surface area contributed by atoms with E-state index in [4.69, 9.17) is 0 Å². The highest BCUT2D eigenvalue weighted by Gasteiger charge is 2.36. The van der Waals surface area contributed by atoms with Gasteiger partial charge in [0, 0.05) is 23.7 Å². The van der Waals surface area contributed by atoms with Gasteiger partial charge in [0.25, 0.3) is 0 Å². The maximum atomic E-state index is 2.38. The molecular formula is C32H26. The first-order valence-corrected chi connectivity index (χ1v) is 11.6. The molecule has 6 rings (SSSR count). The number of fused-ring (bicyclic) bond motifs is 2. The van der Waals surface area contributed by atoms with E-state index >= 15 is 0 Å². The number of allylic oxidation sites excluding steroid dienone is 8. The molecule has 0 aromatic heterocycles. The molecule has 0 saturated heterocycles. The number of hydrogen-bond acceptors (Lipinski definition) is 0. The van der Waals surface area contributed by atoms with Crippen molar-refractivity contribution in [1.82, 2.24) is 0 Å². The molecule has 0 amide bonds. The van der Waals surface area contributed by atoms with E-state index in [2.05, 4.69) is 134 Å². The Morgan fingerprint density at radius 3 is 1.22 bits per heavy atom. The van der Waals surface area contributed by atoms with Gasteiger partial charge in [-0.25, -0.2) is 0 Å². The normalized spacial score (nSPS) is 17.6. The summed E-state index contributed by atoms with van der Waals surface area (Å²) in [5.74, 6) is 1.40. The Hall–Kier alpha value is -3.64. The summed E-state index contributed by atoms with van der Waals surface area (Å²) in [4.78, 5) is 0. The molecule has 0 N–H and O–H groups in total. The molecule has 4 aromatic rings. The zero-order chi connectivity index (χ0) is 21.3. The van der Waals surface area contributed by atoms with Gasteiger partial charge in [-0.2, -0.15) is 0 Å². The zero-order valence-corrected chi connectivity index (χ0v) is 18.0. The van der Waals surface area contributed by atoms with Crippen LogP contribution in [0.25, 0.3) is 21.5 Å². The van der Waals surface area contributed by atoms with Gasteiger partial charge in [-0.1, -0.05) is 134 Å². The first kappa shape index (κ1) is 19.1. The molecule has 0 heteroatoms. The lowest BCUT2D eigenvalue weighted by atomic mass is 9.67. The van der Waals surface area contributed by atoms with Crippen molar-refractivity contribution < 1.29 is 0 Å². The molecule has 2 aliphatic rings. The molecule has 0 bridgehead atoms. The van der Waals surface area contributed by atoms with E-state index in [9.17, 15) is 0 Å². The summed E-state index contributed by atoms with van der Waals surface area (Å²) in [6.45, 7) is 0. The fraction of sp³-hybridized carbons (Fsp3) is 0.125. The van der Waals surface area contributed by atoms with Crippen LogP contribution in [-0.4, -0.2) is 0 Å². The van der Waals surface area contributed by atoms with Crippen LogP contribution in [0.3, 0.4) is 0 Å². The molecule has 0 radical (unpaired) electrons. The minimum Gasteiger partial charge on any atom is -0.0770 e. The fourth-order valence-electron chi connectivity index (χ4n) is 5.74. The maximum Gasteiger partial charge on any atom is 0.00280 e. The van der Waals surface area contributed by atoms with Crippen LogP contribution in [0.15, 0.2) is 134 Å². The SMILES string of the molecule is C1=CC([C@@H](c2cccc3ccccc23)[C@H](c2cccc3ccccc23)C2C=CC=C2)C=C1. The minimum absolute atomic E-state index is 0.333. The van der Waals surface area contributed by atoms with Crippen molar-refractivity contribution in [2.75, 3.05) is 0 Å². The standard InChI is InChI=1S/C32H26/c1-2-14-25(13-1)31(29-21-9-17-23-11-5-7-19-27(23)29)32(26-15-3-4-16-26)30-22-10-18-24-12-6-8-20-28(24)30/h1-22,25-26,31-32H/t31-,32-/m0/s1. The van der Waals surface area contributed by atoms with Crippen LogP contribution in [-0.2, 0) is 0 Å². The van der Waals surface area contributed by atoms with Crippen LogP contribution in [0.2, 0.25) is 0 Å².